The van der Waals surface area contributed by atoms with Crippen LogP contribution in [0.2, 0.25) is 0 Å². The van der Waals surface area contributed by atoms with Crippen LogP contribution in [-0.2, 0) is 4.79 Å². The maximum absolute atomic E-state index is 10.6. The molecule has 1 nitrogen and oxygen atoms in total. The second-order valence-corrected chi connectivity index (χ2v) is 2.28. The van der Waals surface area contributed by atoms with Gasteiger partial charge in [-0.2, -0.15) is 0 Å². The van der Waals surface area contributed by atoms with Crippen molar-refractivity contribution in [3.63, 3.8) is 0 Å². The summed E-state index contributed by atoms with van der Waals surface area (Å²) in [5, 5.41) is 0. The van der Waals surface area contributed by atoms with E-state index in [2.05, 4.69) is 5.92 Å². The Kier molecular flexibility index (Phi) is 0.907. The van der Waals surface area contributed by atoms with Crippen molar-refractivity contribution in [3.8, 4) is 12.3 Å². The molecular weight excluding hydrogens is 100 g/mol. The summed E-state index contributed by atoms with van der Waals surface area (Å²) < 4.78 is 0. The third kappa shape index (κ3) is 0.535. The van der Waals surface area contributed by atoms with Crippen molar-refractivity contribution in [1.82, 2.24) is 0 Å². The van der Waals surface area contributed by atoms with Gasteiger partial charge in [-0.1, -0.05) is 5.92 Å². The molecule has 1 aliphatic carbocycles. The summed E-state index contributed by atoms with van der Waals surface area (Å²) in [4.78, 5) is 10.6. The highest BCUT2D eigenvalue weighted by Gasteiger charge is 2.45. The molecule has 0 aliphatic heterocycles. The molecule has 0 spiro atoms. The lowest BCUT2D eigenvalue weighted by atomic mass is 10.0. The van der Waals surface area contributed by atoms with E-state index in [9.17, 15) is 4.79 Å². The van der Waals surface area contributed by atoms with Gasteiger partial charge in [-0.15, -0.1) is 6.42 Å². The van der Waals surface area contributed by atoms with Crippen molar-refractivity contribution in [2.75, 3.05) is 0 Å². The molecule has 1 fully saturated rings. The molecule has 42 valence electrons. The van der Waals surface area contributed by atoms with Gasteiger partial charge in [0.05, 0.1) is 5.41 Å². The summed E-state index contributed by atoms with van der Waals surface area (Å²) in [7, 11) is 0. The van der Waals surface area contributed by atoms with E-state index in [0.717, 1.165) is 12.8 Å². The van der Waals surface area contributed by atoms with E-state index in [1.807, 2.05) is 0 Å². The van der Waals surface area contributed by atoms with Crippen molar-refractivity contribution in [3.05, 3.63) is 0 Å². The molecule has 0 heterocycles. The van der Waals surface area contributed by atoms with E-state index in [-0.39, 0.29) is 11.2 Å². The third-order valence-electron chi connectivity index (χ3n) is 1.70. The Bertz CT molecular complexity index is 158. The first kappa shape index (κ1) is 5.37. The highest BCUT2D eigenvalue weighted by atomic mass is 16.1. The maximum Gasteiger partial charge on any atom is 0.147 e. The summed E-state index contributed by atoms with van der Waals surface area (Å²) in [6.45, 7) is 1.56. The van der Waals surface area contributed by atoms with Crippen LogP contribution in [0, 0.1) is 17.8 Å². The Hall–Kier alpha value is -0.770. The Balaban J connectivity index is 2.71. The van der Waals surface area contributed by atoms with Gasteiger partial charge in [0.25, 0.3) is 0 Å². The van der Waals surface area contributed by atoms with Crippen LogP contribution in [0.3, 0.4) is 0 Å². The van der Waals surface area contributed by atoms with Crippen LogP contribution in [0.5, 0.6) is 0 Å². The highest BCUT2D eigenvalue weighted by molar-refractivity contribution is 5.88. The zero-order chi connectivity index (χ0) is 6.20. The van der Waals surface area contributed by atoms with Crippen LogP contribution in [0.15, 0.2) is 0 Å². The number of rotatable bonds is 1. The summed E-state index contributed by atoms with van der Waals surface area (Å²) in [6.07, 6.45) is 6.90. The topological polar surface area (TPSA) is 17.1 Å². The molecule has 0 atom stereocenters. The van der Waals surface area contributed by atoms with Crippen LogP contribution >= 0.6 is 0 Å². The first-order valence-electron chi connectivity index (χ1n) is 2.70. The number of carbonyl (C=O) groups is 1. The predicted molar refractivity (Wildman–Crippen MR) is 31.2 cm³/mol. The van der Waals surface area contributed by atoms with E-state index in [1.165, 1.54) is 0 Å². The molecule has 8 heavy (non-hydrogen) atoms. The minimum absolute atomic E-state index is 0.153. The minimum Gasteiger partial charge on any atom is -0.298 e. The average Bonchev–Trinajstić information content (AvgIpc) is 2.44. The molecule has 0 amide bonds. The summed E-state index contributed by atoms with van der Waals surface area (Å²) in [6, 6.07) is 0. The van der Waals surface area contributed by atoms with Crippen LogP contribution < -0.4 is 0 Å². The molecule has 0 unspecified atom stereocenters. The molecule has 1 saturated carbocycles. The lowest BCUT2D eigenvalue weighted by Crippen LogP contribution is -2.07. The number of hydrogen-bond donors (Lipinski definition) is 0. The third-order valence-corrected chi connectivity index (χ3v) is 1.70. The van der Waals surface area contributed by atoms with Gasteiger partial charge in [0.15, 0.2) is 0 Å². The summed E-state index contributed by atoms with van der Waals surface area (Å²) in [5.74, 6) is 2.66. The Morgan fingerprint density at radius 1 is 1.75 bits per heavy atom. The fourth-order valence-corrected chi connectivity index (χ4v) is 0.723. The number of carbonyl (C=O) groups excluding carboxylic acids is 1. The second kappa shape index (κ2) is 1.35. The molecule has 0 aromatic carbocycles. The number of Topliss-reactive ketones (excluding diaryl/α,β-unsaturated/α-hetero) is 1. The van der Waals surface area contributed by atoms with Crippen molar-refractivity contribution in [2.45, 2.75) is 19.8 Å². The molecule has 1 rings (SSSR count). The molecule has 1 aliphatic rings. The van der Waals surface area contributed by atoms with Crippen molar-refractivity contribution in [1.29, 1.82) is 0 Å². The van der Waals surface area contributed by atoms with Crippen molar-refractivity contribution >= 4 is 5.78 Å². The highest BCUT2D eigenvalue weighted by Crippen LogP contribution is 2.45. The van der Waals surface area contributed by atoms with Gasteiger partial charge in [0.2, 0.25) is 0 Å². The fourth-order valence-electron chi connectivity index (χ4n) is 0.723. The molecule has 0 aromatic heterocycles. The zero-order valence-corrected chi connectivity index (χ0v) is 4.90. The van der Waals surface area contributed by atoms with Gasteiger partial charge in [-0.05, 0) is 19.8 Å². The molecule has 0 N–H and O–H groups in total. The fraction of sp³-hybridized carbons (Fsp3) is 0.571. The maximum atomic E-state index is 10.6. The zero-order valence-electron chi connectivity index (χ0n) is 4.90. The first-order valence-corrected chi connectivity index (χ1v) is 2.70. The normalized spacial score (nSPS) is 21.5. The molecule has 1 heteroatoms. The van der Waals surface area contributed by atoms with Crippen molar-refractivity contribution in [2.24, 2.45) is 5.41 Å². The molecular formula is C7H8O. The van der Waals surface area contributed by atoms with Gasteiger partial charge in [0.1, 0.15) is 5.78 Å². The molecule has 0 saturated heterocycles. The number of ketones is 1. The second-order valence-electron chi connectivity index (χ2n) is 2.28. The SMILES string of the molecule is C#CC1(C(C)=O)CC1. The predicted octanol–water partition coefficient (Wildman–Crippen LogP) is 0.989. The van der Waals surface area contributed by atoms with Crippen LogP contribution in [0.1, 0.15) is 19.8 Å². The largest absolute Gasteiger partial charge is 0.298 e. The Morgan fingerprint density at radius 3 is 2.25 bits per heavy atom. The number of terminal acetylenes is 1. The van der Waals surface area contributed by atoms with Gasteiger partial charge in [-0.3, -0.25) is 4.79 Å². The van der Waals surface area contributed by atoms with E-state index >= 15 is 0 Å². The Morgan fingerprint density at radius 2 is 2.25 bits per heavy atom. The standard InChI is InChI=1S/C7H8O/c1-3-7(4-5-7)6(2)8/h1H,4-5H2,2H3. The van der Waals surface area contributed by atoms with Crippen molar-refractivity contribution < 1.29 is 4.79 Å². The smallest absolute Gasteiger partial charge is 0.147 e. The first-order chi connectivity index (χ1) is 3.71. The van der Waals surface area contributed by atoms with Crippen LogP contribution in [-0.4, -0.2) is 5.78 Å². The lowest BCUT2D eigenvalue weighted by Gasteiger charge is -1.96. The Labute approximate surface area is 49.1 Å². The van der Waals surface area contributed by atoms with E-state index < -0.39 is 0 Å². The van der Waals surface area contributed by atoms with Gasteiger partial charge >= 0.3 is 0 Å². The van der Waals surface area contributed by atoms with Gasteiger partial charge in [-0.25, -0.2) is 0 Å². The quantitative estimate of drug-likeness (QED) is 0.458. The van der Waals surface area contributed by atoms with Crippen LogP contribution in [0.25, 0.3) is 0 Å². The summed E-state index contributed by atoms with van der Waals surface area (Å²) in [5.41, 5.74) is -0.319. The van der Waals surface area contributed by atoms with Gasteiger partial charge in [0, 0.05) is 0 Å². The summed E-state index contributed by atoms with van der Waals surface area (Å²) >= 11 is 0. The van der Waals surface area contributed by atoms with Crippen LogP contribution in [0.4, 0.5) is 0 Å². The molecule has 0 aromatic rings. The molecule has 0 radical (unpaired) electrons. The lowest BCUT2D eigenvalue weighted by molar-refractivity contribution is -0.120. The average molecular weight is 108 g/mol. The number of hydrogen-bond acceptors (Lipinski definition) is 1. The molecule has 0 bridgehead atoms. The van der Waals surface area contributed by atoms with Gasteiger partial charge < -0.3 is 0 Å². The van der Waals surface area contributed by atoms with E-state index in [1.54, 1.807) is 6.92 Å². The minimum atomic E-state index is -0.319. The van der Waals surface area contributed by atoms with E-state index in [4.69, 9.17) is 6.42 Å². The van der Waals surface area contributed by atoms with E-state index in [0.29, 0.717) is 0 Å². The monoisotopic (exact) mass is 108 g/mol.